The summed E-state index contributed by atoms with van der Waals surface area (Å²) in [5.74, 6) is -0.137. The largest absolute Gasteiger partial charge is 0.325 e. The standard InChI is InChI=1S/C18H21Br2N3O2S/c1-2-21-18-23(12-5-3-4-6-12)17(25)15(26-18)10-16(24)22-14-8-7-11(19)9-13(14)20/h7-9,12,15H,2-6,10H2,1H3,(H,22,24). The fourth-order valence-electron chi connectivity index (χ4n) is 3.32. The topological polar surface area (TPSA) is 61.8 Å². The van der Waals surface area contributed by atoms with Crippen molar-refractivity contribution in [2.75, 3.05) is 11.9 Å². The minimum absolute atomic E-state index is 0.0270. The van der Waals surface area contributed by atoms with Gasteiger partial charge in [-0.3, -0.25) is 19.5 Å². The molecule has 26 heavy (non-hydrogen) atoms. The molecule has 1 saturated heterocycles. The Morgan fingerprint density at radius 3 is 2.73 bits per heavy atom. The van der Waals surface area contributed by atoms with E-state index in [1.807, 2.05) is 30.0 Å². The molecule has 1 unspecified atom stereocenters. The number of nitrogens with one attached hydrogen (secondary N) is 1. The number of amidine groups is 1. The van der Waals surface area contributed by atoms with Gasteiger partial charge in [0.05, 0.1) is 5.69 Å². The lowest BCUT2D eigenvalue weighted by atomic mass is 10.2. The number of amides is 2. The van der Waals surface area contributed by atoms with Gasteiger partial charge < -0.3 is 5.32 Å². The molecule has 1 saturated carbocycles. The zero-order chi connectivity index (χ0) is 18.7. The van der Waals surface area contributed by atoms with E-state index < -0.39 is 5.25 Å². The van der Waals surface area contributed by atoms with Crippen LogP contribution in [0, 0.1) is 0 Å². The van der Waals surface area contributed by atoms with E-state index in [0.717, 1.165) is 39.8 Å². The van der Waals surface area contributed by atoms with E-state index in [-0.39, 0.29) is 24.3 Å². The molecule has 1 N–H and O–H groups in total. The number of carbonyl (C=O) groups excluding carboxylic acids is 2. The fourth-order valence-corrected chi connectivity index (χ4v) is 5.73. The second-order valence-electron chi connectivity index (χ2n) is 6.39. The number of rotatable bonds is 5. The molecule has 140 valence electrons. The van der Waals surface area contributed by atoms with Crippen LogP contribution in [0.25, 0.3) is 0 Å². The molecule has 3 rings (SSSR count). The molecule has 2 aliphatic rings. The van der Waals surface area contributed by atoms with Crippen LogP contribution in [0.4, 0.5) is 5.69 Å². The molecule has 1 aromatic rings. The lowest BCUT2D eigenvalue weighted by Crippen LogP contribution is -2.40. The van der Waals surface area contributed by atoms with Gasteiger partial charge in [-0.15, -0.1) is 0 Å². The van der Waals surface area contributed by atoms with Gasteiger partial charge in [-0.25, -0.2) is 0 Å². The first-order valence-corrected chi connectivity index (χ1v) is 11.2. The van der Waals surface area contributed by atoms with Crippen molar-refractivity contribution in [3.63, 3.8) is 0 Å². The van der Waals surface area contributed by atoms with E-state index in [1.165, 1.54) is 11.8 Å². The Bertz CT molecular complexity index is 735. The highest BCUT2D eigenvalue weighted by molar-refractivity contribution is 9.11. The Balaban J connectivity index is 1.68. The van der Waals surface area contributed by atoms with E-state index >= 15 is 0 Å². The van der Waals surface area contributed by atoms with Crippen LogP contribution in [-0.2, 0) is 9.59 Å². The summed E-state index contributed by atoms with van der Waals surface area (Å²) in [6, 6.07) is 5.81. The predicted molar refractivity (Wildman–Crippen MR) is 114 cm³/mol. The number of nitrogens with zero attached hydrogens (tertiary/aromatic N) is 2. The van der Waals surface area contributed by atoms with Crippen molar-refractivity contribution in [2.45, 2.75) is 50.3 Å². The third-order valence-electron chi connectivity index (χ3n) is 4.53. The summed E-state index contributed by atoms with van der Waals surface area (Å²) >= 11 is 8.26. The number of anilines is 1. The molecule has 1 aromatic carbocycles. The van der Waals surface area contributed by atoms with Gasteiger partial charge in [0.2, 0.25) is 11.8 Å². The van der Waals surface area contributed by atoms with Gasteiger partial charge in [0.1, 0.15) is 5.25 Å². The van der Waals surface area contributed by atoms with Gasteiger partial charge >= 0.3 is 0 Å². The molecule has 1 aliphatic carbocycles. The highest BCUT2D eigenvalue weighted by Crippen LogP contribution is 2.36. The van der Waals surface area contributed by atoms with Crippen molar-refractivity contribution in [2.24, 2.45) is 4.99 Å². The first-order chi connectivity index (χ1) is 12.5. The normalized spacial score (nSPS) is 22.4. The van der Waals surface area contributed by atoms with Crippen LogP contribution in [-0.4, -0.2) is 39.7 Å². The maximum Gasteiger partial charge on any atom is 0.242 e. The Morgan fingerprint density at radius 1 is 1.35 bits per heavy atom. The number of carbonyl (C=O) groups is 2. The molecule has 2 fully saturated rings. The van der Waals surface area contributed by atoms with Gasteiger partial charge in [-0.05, 0) is 53.9 Å². The summed E-state index contributed by atoms with van der Waals surface area (Å²) < 4.78 is 1.72. The van der Waals surface area contributed by atoms with E-state index in [0.29, 0.717) is 12.2 Å². The van der Waals surface area contributed by atoms with Crippen LogP contribution in [0.2, 0.25) is 0 Å². The maximum absolute atomic E-state index is 12.9. The highest BCUT2D eigenvalue weighted by atomic mass is 79.9. The van der Waals surface area contributed by atoms with Crippen molar-refractivity contribution in [1.29, 1.82) is 0 Å². The number of aliphatic imine (C=N–C) groups is 1. The third-order valence-corrected chi connectivity index (χ3v) is 6.86. The van der Waals surface area contributed by atoms with Crippen molar-refractivity contribution in [1.82, 2.24) is 4.90 Å². The Kier molecular flexibility index (Phi) is 6.80. The van der Waals surface area contributed by atoms with Gasteiger partial charge in [-0.2, -0.15) is 0 Å². The van der Waals surface area contributed by atoms with E-state index in [9.17, 15) is 9.59 Å². The van der Waals surface area contributed by atoms with Gasteiger partial charge in [0.15, 0.2) is 5.17 Å². The number of hydrogen-bond acceptors (Lipinski definition) is 4. The minimum Gasteiger partial charge on any atom is -0.325 e. The Morgan fingerprint density at radius 2 is 2.08 bits per heavy atom. The predicted octanol–water partition coefficient (Wildman–Crippen LogP) is 4.80. The molecule has 5 nitrogen and oxygen atoms in total. The van der Waals surface area contributed by atoms with E-state index in [1.54, 1.807) is 0 Å². The quantitative estimate of drug-likeness (QED) is 0.628. The molecule has 2 amide bonds. The summed E-state index contributed by atoms with van der Waals surface area (Å²) in [4.78, 5) is 31.7. The molecule has 8 heteroatoms. The molecule has 1 atom stereocenters. The average Bonchev–Trinajstić information content (AvgIpc) is 3.20. The maximum atomic E-state index is 12.9. The fraction of sp³-hybridized carbons (Fsp3) is 0.500. The lowest BCUT2D eigenvalue weighted by molar-refractivity contribution is -0.129. The van der Waals surface area contributed by atoms with Crippen LogP contribution in [0.15, 0.2) is 32.1 Å². The van der Waals surface area contributed by atoms with Crippen LogP contribution in [0.3, 0.4) is 0 Å². The van der Waals surface area contributed by atoms with Gasteiger partial charge in [0, 0.05) is 28.0 Å². The molecular formula is C18H21Br2N3O2S. The van der Waals surface area contributed by atoms with Crippen LogP contribution in [0.1, 0.15) is 39.0 Å². The molecule has 1 aliphatic heterocycles. The first-order valence-electron chi connectivity index (χ1n) is 8.78. The van der Waals surface area contributed by atoms with Crippen LogP contribution >= 0.6 is 43.6 Å². The smallest absolute Gasteiger partial charge is 0.242 e. The molecule has 0 spiro atoms. The summed E-state index contributed by atoms with van der Waals surface area (Å²) in [6.07, 6.45) is 4.51. The zero-order valence-electron chi connectivity index (χ0n) is 14.5. The lowest BCUT2D eigenvalue weighted by Gasteiger charge is -2.23. The van der Waals surface area contributed by atoms with Crippen molar-refractivity contribution < 1.29 is 9.59 Å². The van der Waals surface area contributed by atoms with Gasteiger partial charge in [0.25, 0.3) is 0 Å². The third kappa shape index (κ3) is 4.51. The molecule has 0 bridgehead atoms. The Hall–Kier alpha value is -0.860. The first kappa shape index (κ1) is 19.9. The molecule has 0 radical (unpaired) electrons. The molecule has 0 aromatic heterocycles. The zero-order valence-corrected chi connectivity index (χ0v) is 18.5. The summed E-state index contributed by atoms with van der Waals surface area (Å²) in [5.41, 5.74) is 0.698. The minimum atomic E-state index is -0.393. The SMILES string of the molecule is CCN=C1SC(CC(=O)Nc2ccc(Br)cc2Br)C(=O)N1C1CCCC1. The molecule has 1 heterocycles. The number of thioether (sulfide) groups is 1. The van der Waals surface area contributed by atoms with Crippen LogP contribution < -0.4 is 5.32 Å². The monoisotopic (exact) mass is 501 g/mol. The van der Waals surface area contributed by atoms with E-state index in [4.69, 9.17) is 0 Å². The Labute approximate surface area is 174 Å². The summed E-state index contributed by atoms with van der Waals surface area (Å²) in [7, 11) is 0. The van der Waals surface area contributed by atoms with Crippen LogP contribution in [0.5, 0.6) is 0 Å². The molecular weight excluding hydrogens is 482 g/mol. The summed E-state index contributed by atoms with van der Waals surface area (Å²) in [6.45, 7) is 2.61. The number of halogens is 2. The number of hydrogen-bond donors (Lipinski definition) is 1. The average molecular weight is 503 g/mol. The van der Waals surface area contributed by atoms with Crippen molar-refractivity contribution >= 4 is 66.3 Å². The second kappa shape index (κ2) is 8.89. The highest BCUT2D eigenvalue weighted by Gasteiger charge is 2.43. The van der Waals surface area contributed by atoms with Gasteiger partial charge in [-0.1, -0.05) is 40.5 Å². The van der Waals surface area contributed by atoms with E-state index in [2.05, 4.69) is 42.2 Å². The number of benzene rings is 1. The second-order valence-corrected chi connectivity index (χ2v) is 9.33. The van der Waals surface area contributed by atoms with Crippen molar-refractivity contribution in [3.8, 4) is 0 Å². The summed E-state index contributed by atoms with van der Waals surface area (Å²) in [5, 5.41) is 3.28. The van der Waals surface area contributed by atoms with Crippen molar-refractivity contribution in [3.05, 3.63) is 27.1 Å².